The Morgan fingerprint density at radius 1 is 1.14 bits per heavy atom. The molecule has 4 rings (SSSR count). The number of nitrogens with zero attached hydrogens (tertiary/aromatic N) is 5. The zero-order valence-electron chi connectivity index (χ0n) is 16.5. The van der Waals surface area contributed by atoms with Crippen LogP contribution in [0.15, 0.2) is 6.07 Å². The molecule has 1 aliphatic rings. The minimum absolute atomic E-state index is 0.198. The zero-order chi connectivity index (χ0) is 20.2. The van der Waals surface area contributed by atoms with E-state index >= 15 is 0 Å². The number of aryl methyl sites for hydroxylation is 4. The predicted molar refractivity (Wildman–Crippen MR) is 102 cm³/mol. The summed E-state index contributed by atoms with van der Waals surface area (Å²) in [4.78, 5) is 30.1. The van der Waals surface area contributed by atoms with Gasteiger partial charge in [-0.3, -0.25) is 14.2 Å². The van der Waals surface area contributed by atoms with Crippen LogP contribution in [0.25, 0.3) is 11.0 Å². The van der Waals surface area contributed by atoms with Gasteiger partial charge in [-0.05, 0) is 32.8 Å². The van der Waals surface area contributed by atoms with Gasteiger partial charge in [-0.2, -0.15) is 10.2 Å². The largest absolute Gasteiger partial charge is 0.464 e. The molecule has 3 heterocycles. The van der Waals surface area contributed by atoms with Gasteiger partial charge in [0.05, 0.1) is 35.1 Å². The number of esters is 1. The van der Waals surface area contributed by atoms with Gasteiger partial charge >= 0.3 is 5.97 Å². The summed E-state index contributed by atoms with van der Waals surface area (Å²) in [6, 6.07) is 1.84. The number of pyridine rings is 1. The Balaban J connectivity index is 1.81. The summed E-state index contributed by atoms with van der Waals surface area (Å²) in [7, 11) is 4.75. The lowest BCUT2D eigenvalue weighted by Crippen LogP contribution is -2.17. The van der Waals surface area contributed by atoms with E-state index in [1.807, 2.05) is 20.0 Å². The Morgan fingerprint density at radius 2 is 1.82 bits per heavy atom. The molecule has 0 unspecified atom stereocenters. The normalized spacial score (nSPS) is 13.8. The summed E-state index contributed by atoms with van der Waals surface area (Å²) < 4.78 is 7.94. The van der Waals surface area contributed by atoms with Gasteiger partial charge in [0.25, 0.3) is 5.91 Å². The predicted octanol–water partition coefficient (Wildman–Crippen LogP) is 2.23. The van der Waals surface area contributed by atoms with E-state index in [1.54, 1.807) is 18.7 Å². The summed E-state index contributed by atoms with van der Waals surface area (Å²) in [5.41, 5.74) is 3.89. The van der Waals surface area contributed by atoms with Gasteiger partial charge in [0.15, 0.2) is 11.3 Å². The number of hydrogen-bond donors (Lipinski definition) is 1. The molecule has 0 aromatic carbocycles. The molecule has 1 amide bonds. The molecule has 146 valence electrons. The van der Waals surface area contributed by atoms with Crippen LogP contribution in [-0.4, -0.2) is 43.5 Å². The van der Waals surface area contributed by atoms with Gasteiger partial charge in [0.1, 0.15) is 0 Å². The topological polar surface area (TPSA) is 104 Å². The van der Waals surface area contributed by atoms with E-state index in [2.05, 4.69) is 15.5 Å². The van der Waals surface area contributed by atoms with Crippen LogP contribution >= 0.6 is 0 Å². The summed E-state index contributed by atoms with van der Waals surface area (Å²) in [6.45, 7) is 3.59. The van der Waals surface area contributed by atoms with E-state index in [0.717, 1.165) is 24.2 Å². The fraction of sp³-hybridized carbons (Fsp3) is 0.421. The second kappa shape index (κ2) is 6.43. The molecule has 28 heavy (non-hydrogen) atoms. The van der Waals surface area contributed by atoms with Crippen molar-refractivity contribution >= 4 is 28.6 Å². The fourth-order valence-electron chi connectivity index (χ4n) is 3.55. The van der Waals surface area contributed by atoms with E-state index in [9.17, 15) is 9.59 Å². The van der Waals surface area contributed by atoms with Gasteiger partial charge in [-0.25, -0.2) is 9.78 Å². The molecule has 0 spiro atoms. The van der Waals surface area contributed by atoms with Crippen LogP contribution in [-0.2, 0) is 18.8 Å². The van der Waals surface area contributed by atoms with Crippen LogP contribution in [0.3, 0.4) is 0 Å². The molecule has 0 atom stereocenters. The number of fused-ring (bicyclic) bond motifs is 1. The number of methoxy groups -OCH3 is 1. The maximum absolute atomic E-state index is 13.2. The molecule has 0 saturated heterocycles. The van der Waals surface area contributed by atoms with E-state index in [1.165, 1.54) is 11.8 Å². The van der Waals surface area contributed by atoms with Crippen molar-refractivity contribution < 1.29 is 14.3 Å². The quantitative estimate of drug-likeness (QED) is 0.694. The second-order valence-corrected chi connectivity index (χ2v) is 7.15. The Kier molecular flexibility index (Phi) is 4.17. The van der Waals surface area contributed by atoms with Crippen molar-refractivity contribution in [3.8, 4) is 0 Å². The lowest BCUT2D eigenvalue weighted by molar-refractivity contribution is 0.0589. The van der Waals surface area contributed by atoms with E-state index in [-0.39, 0.29) is 11.6 Å². The molecule has 0 radical (unpaired) electrons. The molecule has 1 aliphatic carbocycles. The molecule has 9 nitrogen and oxygen atoms in total. The zero-order valence-corrected chi connectivity index (χ0v) is 16.5. The van der Waals surface area contributed by atoms with Crippen LogP contribution in [0.4, 0.5) is 5.69 Å². The van der Waals surface area contributed by atoms with Crippen LogP contribution < -0.4 is 5.32 Å². The van der Waals surface area contributed by atoms with E-state index < -0.39 is 5.97 Å². The van der Waals surface area contributed by atoms with Crippen molar-refractivity contribution in [1.29, 1.82) is 0 Å². The van der Waals surface area contributed by atoms with Gasteiger partial charge in [0, 0.05) is 25.7 Å². The monoisotopic (exact) mass is 382 g/mol. The molecule has 1 N–H and O–H groups in total. The Bertz CT molecular complexity index is 1120. The number of carbonyl (C=O) groups is 2. The molecule has 3 aromatic rings. The van der Waals surface area contributed by atoms with Crippen LogP contribution in [0.5, 0.6) is 0 Å². The number of ether oxygens (including phenoxy) is 1. The second-order valence-electron chi connectivity index (χ2n) is 7.15. The first-order chi connectivity index (χ1) is 13.3. The number of anilines is 1. The maximum atomic E-state index is 13.2. The maximum Gasteiger partial charge on any atom is 0.358 e. The third-order valence-corrected chi connectivity index (χ3v) is 5.07. The summed E-state index contributed by atoms with van der Waals surface area (Å²) in [5, 5.41) is 12.2. The summed E-state index contributed by atoms with van der Waals surface area (Å²) in [6.07, 6.45) is 2.15. The van der Waals surface area contributed by atoms with Gasteiger partial charge < -0.3 is 10.1 Å². The summed E-state index contributed by atoms with van der Waals surface area (Å²) in [5.74, 6) is -0.502. The van der Waals surface area contributed by atoms with Crippen molar-refractivity contribution in [2.45, 2.75) is 32.6 Å². The van der Waals surface area contributed by atoms with Gasteiger partial charge in [0.2, 0.25) is 0 Å². The van der Waals surface area contributed by atoms with Crippen molar-refractivity contribution in [3.05, 3.63) is 34.4 Å². The standard InChI is InChI=1S/C19H22N6O3/c1-9-14-12(8-13(11-6-7-11)20-17(14)25(4)22-9)18(26)21-15-10(2)23-24(3)16(15)19(27)28-5/h8,11H,6-7H2,1-5H3,(H,21,26). The smallest absolute Gasteiger partial charge is 0.358 e. The van der Waals surface area contributed by atoms with Crippen LogP contribution in [0, 0.1) is 13.8 Å². The highest BCUT2D eigenvalue weighted by molar-refractivity contribution is 6.14. The lowest BCUT2D eigenvalue weighted by atomic mass is 10.1. The fourth-order valence-corrected chi connectivity index (χ4v) is 3.55. The Hall–Kier alpha value is -3.23. The number of hydrogen-bond acceptors (Lipinski definition) is 6. The van der Waals surface area contributed by atoms with Crippen molar-refractivity contribution in [1.82, 2.24) is 24.5 Å². The average molecular weight is 382 g/mol. The Morgan fingerprint density at radius 3 is 2.46 bits per heavy atom. The number of carbonyl (C=O) groups excluding carboxylic acids is 2. The van der Waals surface area contributed by atoms with Crippen molar-refractivity contribution in [2.24, 2.45) is 14.1 Å². The molecule has 3 aromatic heterocycles. The first-order valence-electron chi connectivity index (χ1n) is 9.09. The number of amides is 1. The number of rotatable bonds is 4. The number of aromatic nitrogens is 5. The molecule has 0 aliphatic heterocycles. The van der Waals surface area contributed by atoms with Crippen LogP contribution in [0.1, 0.15) is 56.7 Å². The highest BCUT2D eigenvalue weighted by Gasteiger charge is 2.29. The molecule has 1 fully saturated rings. The van der Waals surface area contributed by atoms with Gasteiger partial charge in [-0.1, -0.05) is 0 Å². The first kappa shape index (κ1) is 18.1. The SMILES string of the molecule is COC(=O)c1c(NC(=O)c2cc(C3CC3)nc3c2c(C)nn3C)c(C)nn1C. The first-order valence-corrected chi connectivity index (χ1v) is 9.09. The minimum Gasteiger partial charge on any atom is -0.464 e. The average Bonchev–Trinajstić information content (AvgIpc) is 3.41. The van der Waals surface area contributed by atoms with Crippen LogP contribution in [0.2, 0.25) is 0 Å². The third kappa shape index (κ3) is 2.83. The van der Waals surface area contributed by atoms with Gasteiger partial charge in [-0.15, -0.1) is 0 Å². The third-order valence-electron chi connectivity index (χ3n) is 5.07. The molecular weight excluding hydrogens is 360 g/mol. The van der Waals surface area contributed by atoms with Crippen molar-refractivity contribution in [2.75, 3.05) is 12.4 Å². The minimum atomic E-state index is -0.561. The highest BCUT2D eigenvalue weighted by Crippen LogP contribution is 2.40. The molecule has 1 saturated carbocycles. The van der Waals surface area contributed by atoms with E-state index in [0.29, 0.717) is 33.9 Å². The highest BCUT2D eigenvalue weighted by atomic mass is 16.5. The van der Waals surface area contributed by atoms with Crippen molar-refractivity contribution in [3.63, 3.8) is 0 Å². The molecular formula is C19H22N6O3. The number of nitrogens with one attached hydrogen (secondary N) is 1. The Labute approximate surface area is 161 Å². The molecule has 9 heteroatoms. The van der Waals surface area contributed by atoms with E-state index in [4.69, 9.17) is 9.72 Å². The summed E-state index contributed by atoms with van der Waals surface area (Å²) >= 11 is 0. The lowest BCUT2D eigenvalue weighted by Gasteiger charge is -2.10. The molecule has 0 bridgehead atoms.